The van der Waals surface area contributed by atoms with Gasteiger partial charge in [0.15, 0.2) is 0 Å². The van der Waals surface area contributed by atoms with Gasteiger partial charge in [-0.1, -0.05) is 22.0 Å². The Morgan fingerprint density at radius 3 is 2.76 bits per heavy atom. The van der Waals surface area contributed by atoms with Gasteiger partial charge in [-0.2, -0.15) is 5.10 Å². The van der Waals surface area contributed by atoms with Crippen molar-refractivity contribution in [1.29, 1.82) is 0 Å². The van der Waals surface area contributed by atoms with Crippen LogP contribution in [0.1, 0.15) is 5.69 Å². The minimum Gasteiger partial charge on any atom is -0.378 e. The maximum absolute atomic E-state index is 10.8. The van der Waals surface area contributed by atoms with E-state index >= 15 is 0 Å². The molecule has 7 heteroatoms. The first kappa shape index (κ1) is 11.6. The molecule has 1 heterocycles. The Bertz CT molecular complexity index is 594. The summed E-state index contributed by atoms with van der Waals surface area (Å²) >= 11 is 3.32. The fourth-order valence-electron chi connectivity index (χ4n) is 1.57. The highest BCUT2D eigenvalue weighted by molar-refractivity contribution is 9.10. The quantitative estimate of drug-likeness (QED) is 0.681. The van der Waals surface area contributed by atoms with Crippen molar-refractivity contribution in [1.82, 2.24) is 9.78 Å². The monoisotopic (exact) mass is 296 g/mol. The first-order valence-electron chi connectivity index (χ1n) is 4.76. The summed E-state index contributed by atoms with van der Waals surface area (Å²) in [5, 5.41) is 14.9. The highest BCUT2D eigenvalue weighted by Gasteiger charge is 2.23. The van der Waals surface area contributed by atoms with E-state index in [9.17, 15) is 10.1 Å². The van der Waals surface area contributed by atoms with E-state index < -0.39 is 4.92 Å². The third kappa shape index (κ3) is 2.01. The summed E-state index contributed by atoms with van der Waals surface area (Å²) in [7, 11) is 0. The van der Waals surface area contributed by atoms with E-state index in [1.54, 1.807) is 19.1 Å². The lowest BCUT2D eigenvalue weighted by molar-refractivity contribution is -0.384. The summed E-state index contributed by atoms with van der Waals surface area (Å²) < 4.78 is 2.21. The summed E-state index contributed by atoms with van der Waals surface area (Å²) in [6.07, 6.45) is 0. The zero-order valence-electron chi connectivity index (χ0n) is 8.92. The van der Waals surface area contributed by atoms with Gasteiger partial charge in [0.25, 0.3) is 0 Å². The second-order valence-corrected chi connectivity index (χ2v) is 4.38. The maximum atomic E-state index is 10.8. The molecule has 0 spiro atoms. The summed E-state index contributed by atoms with van der Waals surface area (Å²) in [6, 6.07) is 7.22. The summed E-state index contributed by atoms with van der Waals surface area (Å²) in [5.74, 6) is 0.0330. The molecule has 0 unspecified atom stereocenters. The van der Waals surface area contributed by atoms with Crippen LogP contribution in [0.5, 0.6) is 0 Å². The molecule has 6 nitrogen and oxygen atoms in total. The minimum absolute atomic E-state index is 0.0330. The predicted molar refractivity (Wildman–Crippen MR) is 67.1 cm³/mol. The van der Waals surface area contributed by atoms with Crippen LogP contribution in [0.15, 0.2) is 28.7 Å². The van der Waals surface area contributed by atoms with Crippen LogP contribution in [0.3, 0.4) is 0 Å². The van der Waals surface area contributed by atoms with E-state index in [1.165, 1.54) is 4.68 Å². The fraction of sp³-hybridized carbons (Fsp3) is 0.100. The van der Waals surface area contributed by atoms with Crippen LogP contribution in [0.2, 0.25) is 0 Å². The second kappa shape index (κ2) is 4.17. The number of halogens is 1. The van der Waals surface area contributed by atoms with Crippen LogP contribution in [-0.2, 0) is 0 Å². The van der Waals surface area contributed by atoms with Crippen LogP contribution in [0.25, 0.3) is 5.69 Å². The lowest BCUT2D eigenvalue weighted by Gasteiger charge is -2.03. The summed E-state index contributed by atoms with van der Waals surface area (Å²) in [5.41, 5.74) is 6.56. The van der Waals surface area contributed by atoms with E-state index in [0.29, 0.717) is 11.4 Å². The Labute approximate surface area is 105 Å². The number of anilines is 1. The van der Waals surface area contributed by atoms with Gasteiger partial charge in [0.05, 0.1) is 10.6 Å². The van der Waals surface area contributed by atoms with Gasteiger partial charge in [0.2, 0.25) is 5.82 Å². The number of hydrogen-bond acceptors (Lipinski definition) is 4. The van der Waals surface area contributed by atoms with E-state index in [1.807, 2.05) is 12.1 Å². The molecule has 0 atom stereocenters. The number of nitrogens with two attached hydrogens (primary N) is 1. The Kier molecular flexibility index (Phi) is 2.84. The van der Waals surface area contributed by atoms with Crippen molar-refractivity contribution in [3.05, 3.63) is 44.5 Å². The van der Waals surface area contributed by atoms with Crippen molar-refractivity contribution in [3.63, 3.8) is 0 Å². The van der Waals surface area contributed by atoms with E-state index in [4.69, 9.17) is 5.73 Å². The predicted octanol–water partition coefficient (Wildman–Crippen LogP) is 2.43. The number of aryl methyl sites for hydroxylation is 1. The molecule has 0 radical (unpaired) electrons. The highest BCUT2D eigenvalue weighted by Crippen LogP contribution is 2.28. The number of benzene rings is 1. The summed E-state index contributed by atoms with van der Waals surface area (Å²) in [4.78, 5) is 10.3. The molecule has 0 fully saturated rings. The minimum atomic E-state index is -0.522. The molecule has 88 valence electrons. The van der Waals surface area contributed by atoms with Crippen molar-refractivity contribution < 1.29 is 4.92 Å². The Morgan fingerprint density at radius 1 is 1.53 bits per heavy atom. The molecule has 2 N–H and O–H groups in total. The second-order valence-electron chi connectivity index (χ2n) is 3.47. The standard InChI is InChI=1S/C10H9BrN4O2/c1-6-9(15(16)17)10(12)14(13-6)8-4-2-3-7(11)5-8/h2-5H,12H2,1H3. The average molecular weight is 297 g/mol. The van der Waals surface area contributed by atoms with Crippen LogP contribution >= 0.6 is 15.9 Å². The smallest absolute Gasteiger partial charge is 0.333 e. The topological polar surface area (TPSA) is 87.0 Å². The molecule has 1 aromatic carbocycles. The van der Waals surface area contributed by atoms with Gasteiger partial charge in [0, 0.05) is 4.47 Å². The number of hydrogen-bond donors (Lipinski definition) is 1. The molecule has 0 saturated carbocycles. The van der Waals surface area contributed by atoms with Gasteiger partial charge in [-0.05, 0) is 25.1 Å². The van der Waals surface area contributed by atoms with Gasteiger partial charge < -0.3 is 5.73 Å². The lowest BCUT2D eigenvalue weighted by atomic mass is 10.3. The molecule has 2 rings (SSSR count). The Morgan fingerprint density at radius 2 is 2.24 bits per heavy atom. The van der Waals surface area contributed by atoms with Gasteiger partial charge >= 0.3 is 5.69 Å². The van der Waals surface area contributed by atoms with Crippen molar-refractivity contribution in [2.45, 2.75) is 6.92 Å². The average Bonchev–Trinajstić information content (AvgIpc) is 2.54. The van der Waals surface area contributed by atoms with E-state index in [-0.39, 0.29) is 11.5 Å². The normalized spacial score (nSPS) is 10.5. The molecule has 1 aromatic heterocycles. The fourth-order valence-corrected chi connectivity index (χ4v) is 1.95. The zero-order valence-corrected chi connectivity index (χ0v) is 10.5. The molecular weight excluding hydrogens is 288 g/mol. The van der Waals surface area contributed by atoms with Crippen LogP contribution in [-0.4, -0.2) is 14.7 Å². The van der Waals surface area contributed by atoms with Crippen molar-refractivity contribution in [2.75, 3.05) is 5.73 Å². The molecule has 0 aliphatic heterocycles. The van der Waals surface area contributed by atoms with Gasteiger partial charge in [0.1, 0.15) is 5.69 Å². The number of nitro groups is 1. The largest absolute Gasteiger partial charge is 0.378 e. The third-order valence-corrected chi connectivity index (χ3v) is 2.79. The van der Waals surface area contributed by atoms with Gasteiger partial charge in [-0.15, -0.1) is 0 Å². The van der Waals surface area contributed by atoms with Crippen LogP contribution in [0.4, 0.5) is 11.5 Å². The first-order valence-corrected chi connectivity index (χ1v) is 5.55. The van der Waals surface area contributed by atoms with Crippen molar-refractivity contribution >= 4 is 27.4 Å². The SMILES string of the molecule is Cc1nn(-c2cccc(Br)c2)c(N)c1[N+](=O)[O-]. The van der Waals surface area contributed by atoms with Gasteiger partial charge in [-0.3, -0.25) is 10.1 Å². The van der Waals surface area contributed by atoms with Crippen LogP contribution in [0, 0.1) is 17.0 Å². The molecule has 2 aromatic rings. The molecule has 0 saturated heterocycles. The number of nitrogens with zero attached hydrogens (tertiary/aromatic N) is 3. The number of aromatic nitrogens is 2. The third-order valence-electron chi connectivity index (χ3n) is 2.30. The first-order chi connectivity index (χ1) is 8.00. The molecule has 0 amide bonds. The molecule has 17 heavy (non-hydrogen) atoms. The molecular formula is C10H9BrN4O2. The van der Waals surface area contributed by atoms with E-state index in [0.717, 1.165) is 4.47 Å². The zero-order chi connectivity index (χ0) is 12.6. The van der Waals surface area contributed by atoms with Gasteiger partial charge in [-0.25, -0.2) is 4.68 Å². The van der Waals surface area contributed by atoms with Crippen molar-refractivity contribution in [3.8, 4) is 5.69 Å². The highest BCUT2D eigenvalue weighted by atomic mass is 79.9. The Balaban J connectivity index is 2.62. The molecule has 0 bridgehead atoms. The Hall–Kier alpha value is -1.89. The van der Waals surface area contributed by atoms with Crippen molar-refractivity contribution in [2.24, 2.45) is 0 Å². The summed E-state index contributed by atoms with van der Waals surface area (Å²) in [6.45, 7) is 1.56. The lowest BCUT2D eigenvalue weighted by Crippen LogP contribution is -2.02. The maximum Gasteiger partial charge on any atom is 0.333 e. The van der Waals surface area contributed by atoms with E-state index in [2.05, 4.69) is 21.0 Å². The number of nitrogen functional groups attached to an aromatic ring is 1. The van der Waals surface area contributed by atoms with Crippen LogP contribution < -0.4 is 5.73 Å². The molecule has 0 aliphatic rings. The molecule has 0 aliphatic carbocycles. The number of rotatable bonds is 2.